The summed E-state index contributed by atoms with van der Waals surface area (Å²) in [6, 6.07) is 2.66. The predicted molar refractivity (Wildman–Crippen MR) is 77.0 cm³/mol. The summed E-state index contributed by atoms with van der Waals surface area (Å²) in [5.41, 5.74) is -4.71. The number of carboxylic acid groups (broad SMARTS) is 1. The Morgan fingerprint density at radius 2 is 2.09 bits per heavy atom. The van der Waals surface area contributed by atoms with Gasteiger partial charge in [-0.25, -0.2) is 4.98 Å². The standard InChI is InChI=1S/C14H15F3N2O3S/c1-8-5-9(13(21)22)7-19(6-8)12(20)10-3-2-4-18-11(10)23-14(15,16)17/h2-4,8-9H,5-7H2,1H3,(H,21,22). The van der Waals surface area contributed by atoms with Crippen LogP contribution in [0.5, 0.6) is 0 Å². The average Bonchev–Trinajstić information content (AvgIpc) is 2.44. The van der Waals surface area contributed by atoms with Gasteiger partial charge in [-0.05, 0) is 24.5 Å². The van der Waals surface area contributed by atoms with Crippen molar-refractivity contribution in [1.82, 2.24) is 9.88 Å². The first-order chi connectivity index (χ1) is 10.7. The normalized spacial score (nSPS) is 22.0. The Morgan fingerprint density at radius 3 is 2.70 bits per heavy atom. The molecule has 0 saturated carbocycles. The lowest BCUT2D eigenvalue weighted by Gasteiger charge is -2.34. The molecule has 2 atom stereocenters. The largest absolute Gasteiger partial charge is 0.481 e. The second-order valence-electron chi connectivity index (χ2n) is 5.49. The molecule has 9 heteroatoms. The highest BCUT2D eigenvalue weighted by Gasteiger charge is 2.36. The first kappa shape index (κ1) is 17.6. The topological polar surface area (TPSA) is 70.5 Å². The van der Waals surface area contributed by atoms with Gasteiger partial charge < -0.3 is 10.0 Å². The second-order valence-corrected chi connectivity index (χ2v) is 6.54. The highest BCUT2D eigenvalue weighted by Crippen LogP contribution is 2.37. The summed E-state index contributed by atoms with van der Waals surface area (Å²) >= 11 is -0.447. The predicted octanol–water partition coefficient (Wildman–Crippen LogP) is 2.88. The maximum atomic E-state index is 12.6. The number of likely N-dealkylation sites (tertiary alicyclic amines) is 1. The van der Waals surface area contributed by atoms with Gasteiger partial charge in [0, 0.05) is 31.0 Å². The van der Waals surface area contributed by atoms with Crippen molar-refractivity contribution in [1.29, 1.82) is 0 Å². The van der Waals surface area contributed by atoms with Crippen LogP contribution in [-0.4, -0.2) is 45.5 Å². The van der Waals surface area contributed by atoms with Gasteiger partial charge >= 0.3 is 11.5 Å². The number of hydrogen-bond acceptors (Lipinski definition) is 4. The lowest BCUT2D eigenvalue weighted by Crippen LogP contribution is -2.45. The number of rotatable bonds is 3. The maximum absolute atomic E-state index is 12.6. The summed E-state index contributed by atoms with van der Waals surface area (Å²) < 4.78 is 37.7. The summed E-state index contributed by atoms with van der Waals surface area (Å²) in [6.45, 7) is 2.11. The van der Waals surface area contributed by atoms with Crippen molar-refractivity contribution in [2.75, 3.05) is 13.1 Å². The van der Waals surface area contributed by atoms with Crippen LogP contribution < -0.4 is 0 Å². The van der Waals surface area contributed by atoms with Crippen LogP contribution in [0.3, 0.4) is 0 Å². The van der Waals surface area contributed by atoms with Crippen molar-refractivity contribution in [3.8, 4) is 0 Å². The van der Waals surface area contributed by atoms with E-state index in [0.717, 1.165) is 0 Å². The number of carbonyl (C=O) groups excluding carboxylic acids is 1. The fraction of sp³-hybridized carbons (Fsp3) is 0.500. The third kappa shape index (κ3) is 4.60. The second kappa shape index (κ2) is 6.77. The van der Waals surface area contributed by atoms with Crippen molar-refractivity contribution in [2.45, 2.75) is 23.9 Å². The van der Waals surface area contributed by atoms with Gasteiger partial charge in [0.1, 0.15) is 5.03 Å². The van der Waals surface area contributed by atoms with E-state index in [1.807, 2.05) is 6.92 Å². The van der Waals surface area contributed by atoms with Gasteiger partial charge in [0.25, 0.3) is 5.91 Å². The minimum absolute atomic E-state index is 0.0104. The number of nitrogens with zero attached hydrogens (tertiary/aromatic N) is 2. The van der Waals surface area contributed by atoms with Crippen LogP contribution >= 0.6 is 11.8 Å². The molecule has 1 N–H and O–H groups in total. The fourth-order valence-electron chi connectivity index (χ4n) is 2.61. The third-order valence-electron chi connectivity index (χ3n) is 3.51. The molecule has 126 valence electrons. The van der Waals surface area contributed by atoms with Crippen LogP contribution in [0.2, 0.25) is 0 Å². The Bertz CT molecular complexity index is 609. The molecule has 1 aromatic heterocycles. The van der Waals surface area contributed by atoms with E-state index in [0.29, 0.717) is 13.0 Å². The van der Waals surface area contributed by atoms with Crippen LogP contribution in [0.15, 0.2) is 23.4 Å². The molecule has 2 heterocycles. The number of thioether (sulfide) groups is 1. The van der Waals surface area contributed by atoms with E-state index in [9.17, 15) is 22.8 Å². The number of halogens is 3. The first-order valence-corrected chi connectivity index (χ1v) is 7.72. The number of pyridine rings is 1. The van der Waals surface area contributed by atoms with Crippen LogP contribution in [0.25, 0.3) is 0 Å². The zero-order chi connectivity index (χ0) is 17.2. The van der Waals surface area contributed by atoms with Crippen molar-refractivity contribution in [3.63, 3.8) is 0 Å². The Balaban J connectivity index is 2.24. The van der Waals surface area contributed by atoms with Crippen molar-refractivity contribution in [3.05, 3.63) is 23.9 Å². The molecule has 0 aliphatic carbocycles. The van der Waals surface area contributed by atoms with Gasteiger partial charge in [-0.3, -0.25) is 9.59 Å². The molecule has 23 heavy (non-hydrogen) atoms. The molecule has 1 aromatic rings. The molecule has 1 fully saturated rings. The van der Waals surface area contributed by atoms with Gasteiger partial charge in [-0.1, -0.05) is 6.92 Å². The number of aromatic nitrogens is 1. The van der Waals surface area contributed by atoms with Gasteiger partial charge in [-0.15, -0.1) is 0 Å². The number of piperidine rings is 1. The molecule has 1 amide bonds. The SMILES string of the molecule is CC1CC(C(=O)O)CN(C(=O)c2cccnc2SC(F)(F)F)C1. The van der Waals surface area contributed by atoms with E-state index in [-0.39, 0.29) is 18.0 Å². The van der Waals surface area contributed by atoms with E-state index in [4.69, 9.17) is 5.11 Å². The minimum atomic E-state index is -4.55. The number of carboxylic acids is 1. The molecule has 0 radical (unpaired) electrons. The van der Waals surface area contributed by atoms with E-state index < -0.39 is 40.1 Å². The van der Waals surface area contributed by atoms with E-state index in [1.54, 1.807) is 0 Å². The van der Waals surface area contributed by atoms with Crippen LogP contribution in [-0.2, 0) is 4.79 Å². The Morgan fingerprint density at radius 1 is 1.39 bits per heavy atom. The zero-order valence-electron chi connectivity index (χ0n) is 12.2. The van der Waals surface area contributed by atoms with Gasteiger partial charge in [0.15, 0.2) is 0 Å². The molecule has 1 aliphatic rings. The average molecular weight is 348 g/mol. The third-order valence-corrected chi connectivity index (χ3v) is 4.26. The van der Waals surface area contributed by atoms with E-state index >= 15 is 0 Å². The van der Waals surface area contributed by atoms with Crippen LogP contribution in [0.4, 0.5) is 13.2 Å². The quantitative estimate of drug-likeness (QED) is 0.851. The molecule has 2 rings (SSSR count). The van der Waals surface area contributed by atoms with Crippen LogP contribution in [0, 0.1) is 11.8 Å². The molecule has 0 spiro atoms. The summed E-state index contributed by atoms with van der Waals surface area (Å²) in [5.74, 6) is -2.38. The summed E-state index contributed by atoms with van der Waals surface area (Å²) in [6.07, 6.45) is 1.63. The number of amides is 1. The molecule has 5 nitrogen and oxygen atoms in total. The minimum Gasteiger partial charge on any atom is -0.481 e. The highest BCUT2D eigenvalue weighted by molar-refractivity contribution is 8.00. The number of hydrogen-bond donors (Lipinski definition) is 1. The molecular formula is C14H15F3N2O3S. The Hall–Kier alpha value is -1.77. The number of aliphatic carboxylic acids is 1. The van der Waals surface area contributed by atoms with E-state index in [1.165, 1.54) is 23.2 Å². The summed E-state index contributed by atoms with van der Waals surface area (Å²) in [4.78, 5) is 28.6. The summed E-state index contributed by atoms with van der Waals surface area (Å²) in [5, 5.41) is 8.71. The van der Waals surface area contributed by atoms with Crippen LogP contribution in [0.1, 0.15) is 23.7 Å². The number of carbonyl (C=O) groups is 2. The monoisotopic (exact) mass is 348 g/mol. The fourth-order valence-corrected chi connectivity index (χ4v) is 3.21. The molecule has 1 saturated heterocycles. The molecular weight excluding hydrogens is 333 g/mol. The molecule has 2 unspecified atom stereocenters. The van der Waals surface area contributed by atoms with Crippen molar-refractivity contribution < 1.29 is 27.9 Å². The highest BCUT2D eigenvalue weighted by atomic mass is 32.2. The lowest BCUT2D eigenvalue weighted by atomic mass is 9.90. The van der Waals surface area contributed by atoms with Gasteiger partial charge in [0.2, 0.25) is 0 Å². The molecule has 0 aromatic carbocycles. The molecule has 0 bridgehead atoms. The Kier molecular flexibility index (Phi) is 5.18. The Labute approximate surface area is 134 Å². The van der Waals surface area contributed by atoms with E-state index in [2.05, 4.69) is 4.98 Å². The summed E-state index contributed by atoms with van der Waals surface area (Å²) in [7, 11) is 0. The zero-order valence-corrected chi connectivity index (χ0v) is 13.0. The smallest absolute Gasteiger partial charge is 0.447 e. The van der Waals surface area contributed by atoms with Crippen molar-refractivity contribution >= 4 is 23.6 Å². The number of alkyl halides is 3. The first-order valence-electron chi connectivity index (χ1n) is 6.90. The maximum Gasteiger partial charge on any atom is 0.447 e. The van der Waals surface area contributed by atoms with Gasteiger partial charge in [0.05, 0.1) is 11.5 Å². The molecule has 1 aliphatic heterocycles. The van der Waals surface area contributed by atoms with Crippen molar-refractivity contribution in [2.24, 2.45) is 11.8 Å². The lowest BCUT2D eigenvalue weighted by molar-refractivity contribution is -0.143. The van der Waals surface area contributed by atoms with Gasteiger partial charge in [-0.2, -0.15) is 13.2 Å².